The Bertz CT molecular complexity index is 254. The van der Waals surface area contributed by atoms with Crippen LogP contribution < -0.4 is 5.73 Å². The lowest BCUT2D eigenvalue weighted by atomic mass is 9.96. The van der Waals surface area contributed by atoms with Gasteiger partial charge in [0.05, 0.1) is 12.7 Å². The van der Waals surface area contributed by atoms with Gasteiger partial charge in [-0.15, -0.1) is 0 Å². The van der Waals surface area contributed by atoms with Crippen LogP contribution in [0, 0.1) is 5.92 Å². The maximum atomic E-state index is 6.42. The Morgan fingerprint density at radius 3 is 2.00 bits per heavy atom. The fourth-order valence-corrected chi connectivity index (χ4v) is 3.57. The molecule has 1 saturated carbocycles. The first-order valence-electron chi connectivity index (χ1n) is 9.31. The van der Waals surface area contributed by atoms with Crippen LogP contribution in [-0.4, -0.2) is 32.0 Å². The Labute approximate surface area is 130 Å². The highest BCUT2D eigenvalue weighted by Gasteiger charge is 2.21. The van der Waals surface area contributed by atoms with E-state index in [1.807, 2.05) is 0 Å². The molecular formula is C18H35NO2. The van der Waals surface area contributed by atoms with Crippen LogP contribution in [0.3, 0.4) is 0 Å². The lowest BCUT2D eigenvalue weighted by molar-refractivity contribution is -0.0244. The maximum Gasteiger partial charge on any atom is 0.0726 e. The third-order valence-corrected chi connectivity index (χ3v) is 5.14. The van der Waals surface area contributed by atoms with Crippen molar-refractivity contribution in [3.05, 3.63) is 0 Å². The van der Waals surface area contributed by atoms with Crippen molar-refractivity contribution in [2.45, 2.75) is 89.2 Å². The predicted octanol–water partition coefficient (Wildman–Crippen LogP) is 4.04. The van der Waals surface area contributed by atoms with E-state index in [2.05, 4.69) is 0 Å². The zero-order valence-corrected chi connectivity index (χ0v) is 13.7. The molecular weight excluding hydrogens is 262 g/mol. The van der Waals surface area contributed by atoms with E-state index in [0.29, 0.717) is 5.92 Å². The van der Waals surface area contributed by atoms with Crippen LogP contribution in [0.4, 0.5) is 0 Å². The van der Waals surface area contributed by atoms with Crippen LogP contribution in [0.1, 0.15) is 77.0 Å². The molecule has 2 N–H and O–H groups in total. The van der Waals surface area contributed by atoms with Crippen LogP contribution in [0.25, 0.3) is 0 Å². The molecule has 2 fully saturated rings. The van der Waals surface area contributed by atoms with E-state index in [1.54, 1.807) is 0 Å². The van der Waals surface area contributed by atoms with E-state index in [0.717, 1.165) is 45.5 Å². The molecule has 124 valence electrons. The first kappa shape index (κ1) is 17.2. The lowest BCUT2D eigenvalue weighted by Gasteiger charge is -2.28. The molecule has 0 aromatic carbocycles. The van der Waals surface area contributed by atoms with Crippen LogP contribution >= 0.6 is 0 Å². The zero-order chi connectivity index (χ0) is 14.8. The summed E-state index contributed by atoms with van der Waals surface area (Å²) in [6.45, 7) is 2.71. The number of hydrogen-bond donors (Lipinski definition) is 1. The van der Waals surface area contributed by atoms with Crippen molar-refractivity contribution in [2.75, 3.05) is 19.8 Å². The molecule has 0 bridgehead atoms. The number of hydrogen-bond acceptors (Lipinski definition) is 3. The highest BCUT2D eigenvalue weighted by Crippen LogP contribution is 2.21. The Hall–Kier alpha value is -0.120. The van der Waals surface area contributed by atoms with Gasteiger partial charge < -0.3 is 15.2 Å². The van der Waals surface area contributed by atoms with Crippen LogP contribution in [0.15, 0.2) is 0 Å². The standard InChI is InChI=1S/C18H35NO2/c19-17-9-7-5-3-1-2-4-6-8-10-18(17)21-15-16-11-13-20-14-12-16/h16-18H,1-15,19H2. The predicted molar refractivity (Wildman–Crippen MR) is 87.4 cm³/mol. The summed E-state index contributed by atoms with van der Waals surface area (Å²) in [6.07, 6.45) is 15.8. The molecule has 3 heteroatoms. The van der Waals surface area contributed by atoms with Crippen LogP contribution in [-0.2, 0) is 9.47 Å². The molecule has 2 atom stereocenters. The Morgan fingerprint density at radius 1 is 0.762 bits per heavy atom. The van der Waals surface area contributed by atoms with Crippen molar-refractivity contribution in [1.29, 1.82) is 0 Å². The highest BCUT2D eigenvalue weighted by molar-refractivity contribution is 4.75. The third-order valence-electron chi connectivity index (χ3n) is 5.14. The van der Waals surface area contributed by atoms with E-state index in [-0.39, 0.29) is 12.1 Å². The summed E-state index contributed by atoms with van der Waals surface area (Å²) in [7, 11) is 0. The van der Waals surface area contributed by atoms with Gasteiger partial charge in [-0.25, -0.2) is 0 Å². The van der Waals surface area contributed by atoms with Crippen molar-refractivity contribution in [3.8, 4) is 0 Å². The first-order valence-corrected chi connectivity index (χ1v) is 9.31. The second kappa shape index (κ2) is 10.6. The van der Waals surface area contributed by atoms with Crippen molar-refractivity contribution in [2.24, 2.45) is 11.7 Å². The smallest absolute Gasteiger partial charge is 0.0726 e. The van der Waals surface area contributed by atoms with E-state index in [1.165, 1.54) is 51.4 Å². The van der Waals surface area contributed by atoms with Gasteiger partial charge in [-0.2, -0.15) is 0 Å². The molecule has 2 rings (SSSR count). The van der Waals surface area contributed by atoms with Gasteiger partial charge in [0, 0.05) is 19.3 Å². The molecule has 0 amide bonds. The number of nitrogens with two attached hydrogens (primary N) is 1. The summed E-state index contributed by atoms with van der Waals surface area (Å²) >= 11 is 0. The molecule has 1 aliphatic heterocycles. The normalized spacial score (nSPS) is 31.3. The van der Waals surface area contributed by atoms with E-state index < -0.39 is 0 Å². The Kier molecular flexibility index (Phi) is 8.68. The van der Waals surface area contributed by atoms with Crippen molar-refractivity contribution in [1.82, 2.24) is 0 Å². The van der Waals surface area contributed by atoms with E-state index >= 15 is 0 Å². The summed E-state index contributed by atoms with van der Waals surface area (Å²) in [5.41, 5.74) is 6.42. The van der Waals surface area contributed by atoms with Gasteiger partial charge in [0.1, 0.15) is 0 Å². The SMILES string of the molecule is NC1CCCCCCCCCCC1OCC1CCOCC1. The maximum absolute atomic E-state index is 6.42. The van der Waals surface area contributed by atoms with Gasteiger partial charge >= 0.3 is 0 Å². The summed E-state index contributed by atoms with van der Waals surface area (Å²) in [5, 5.41) is 0. The van der Waals surface area contributed by atoms with Crippen LogP contribution in [0.5, 0.6) is 0 Å². The summed E-state index contributed by atoms with van der Waals surface area (Å²) < 4.78 is 11.7. The molecule has 2 aliphatic rings. The Morgan fingerprint density at radius 2 is 1.33 bits per heavy atom. The van der Waals surface area contributed by atoms with Crippen molar-refractivity contribution in [3.63, 3.8) is 0 Å². The summed E-state index contributed by atoms with van der Waals surface area (Å²) in [5.74, 6) is 0.687. The number of rotatable bonds is 3. The lowest BCUT2D eigenvalue weighted by Crippen LogP contribution is -2.38. The van der Waals surface area contributed by atoms with Gasteiger partial charge in [-0.3, -0.25) is 0 Å². The molecule has 0 spiro atoms. The van der Waals surface area contributed by atoms with Gasteiger partial charge in [-0.05, 0) is 31.6 Å². The Balaban J connectivity index is 1.74. The second-order valence-electron chi connectivity index (χ2n) is 7.00. The molecule has 2 unspecified atom stereocenters. The minimum absolute atomic E-state index is 0.240. The molecule has 1 saturated heterocycles. The van der Waals surface area contributed by atoms with Crippen molar-refractivity contribution < 1.29 is 9.47 Å². The van der Waals surface area contributed by atoms with Crippen molar-refractivity contribution >= 4 is 0 Å². The largest absolute Gasteiger partial charge is 0.381 e. The minimum atomic E-state index is 0.240. The van der Waals surface area contributed by atoms with Gasteiger partial charge in [0.15, 0.2) is 0 Å². The molecule has 1 heterocycles. The summed E-state index contributed by atoms with van der Waals surface area (Å²) in [4.78, 5) is 0. The third kappa shape index (κ3) is 7.12. The van der Waals surface area contributed by atoms with E-state index in [4.69, 9.17) is 15.2 Å². The molecule has 0 aromatic heterocycles. The van der Waals surface area contributed by atoms with Crippen LogP contribution in [0.2, 0.25) is 0 Å². The topological polar surface area (TPSA) is 44.5 Å². The molecule has 3 nitrogen and oxygen atoms in total. The second-order valence-corrected chi connectivity index (χ2v) is 7.00. The molecule has 21 heavy (non-hydrogen) atoms. The molecule has 0 radical (unpaired) electrons. The minimum Gasteiger partial charge on any atom is -0.381 e. The van der Waals surface area contributed by atoms with Gasteiger partial charge in [0.2, 0.25) is 0 Å². The summed E-state index contributed by atoms with van der Waals surface area (Å²) in [6, 6.07) is 0.240. The average molecular weight is 297 g/mol. The van der Waals surface area contributed by atoms with Gasteiger partial charge in [-0.1, -0.05) is 51.4 Å². The fourth-order valence-electron chi connectivity index (χ4n) is 3.57. The average Bonchev–Trinajstić information content (AvgIpc) is 2.51. The van der Waals surface area contributed by atoms with E-state index in [9.17, 15) is 0 Å². The van der Waals surface area contributed by atoms with Gasteiger partial charge in [0.25, 0.3) is 0 Å². The quantitative estimate of drug-likeness (QED) is 0.855. The monoisotopic (exact) mass is 297 g/mol. The molecule has 1 aliphatic carbocycles. The fraction of sp³-hybridized carbons (Fsp3) is 1.00. The first-order chi connectivity index (χ1) is 10.4. The highest BCUT2D eigenvalue weighted by atomic mass is 16.5. The molecule has 0 aromatic rings. The number of ether oxygens (including phenoxy) is 2. The zero-order valence-electron chi connectivity index (χ0n) is 13.7.